The summed E-state index contributed by atoms with van der Waals surface area (Å²) in [5.74, 6) is 1.48. The van der Waals surface area contributed by atoms with Gasteiger partial charge in [-0.2, -0.15) is 0 Å². The molecule has 0 spiro atoms. The molecule has 0 atom stereocenters. The van der Waals surface area contributed by atoms with Crippen molar-refractivity contribution in [2.75, 3.05) is 5.32 Å². The molecule has 18 heavy (non-hydrogen) atoms. The second-order valence-electron chi connectivity index (χ2n) is 4.02. The normalized spacial score (nSPS) is 10.4. The van der Waals surface area contributed by atoms with Crippen molar-refractivity contribution in [2.45, 2.75) is 26.7 Å². The standard InChI is InChI=1S/C14H16ClN3/c1-3-10-5-7-11(8-6-10)16-14-9-12(15)17-13(4-2)18-14/h5-9H,3-4H2,1-2H3,(H,16,17,18). The second kappa shape index (κ2) is 5.83. The molecular formula is C14H16ClN3. The largest absolute Gasteiger partial charge is 0.340 e. The minimum atomic E-state index is 0.467. The third kappa shape index (κ3) is 3.20. The van der Waals surface area contributed by atoms with Gasteiger partial charge in [0.2, 0.25) is 0 Å². The van der Waals surface area contributed by atoms with Gasteiger partial charge >= 0.3 is 0 Å². The first-order valence-corrected chi connectivity index (χ1v) is 6.48. The molecule has 2 rings (SSSR count). The summed E-state index contributed by atoms with van der Waals surface area (Å²) < 4.78 is 0. The van der Waals surface area contributed by atoms with Crippen molar-refractivity contribution in [3.05, 3.63) is 46.9 Å². The molecule has 1 N–H and O–H groups in total. The minimum absolute atomic E-state index is 0.467. The third-order valence-electron chi connectivity index (χ3n) is 2.69. The van der Waals surface area contributed by atoms with Gasteiger partial charge in [-0.3, -0.25) is 0 Å². The molecule has 2 aromatic rings. The SMILES string of the molecule is CCc1ccc(Nc2cc(Cl)nc(CC)n2)cc1. The Balaban J connectivity index is 2.19. The number of nitrogens with one attached hydrogen (secondary N) is 1. The molecule has 0 aliphatic carbocycles. The molecule has 0 aliphatic rings. The van der Waals surface area contributed by atoms with Crippen molar-refractivity contribution >= 4 is 23.1 Å². The molecular weight excluding hydrogens is 246 g/mol. The van der Waals surface area contributed by atoms with Crippen LogP contribution in [0.5, 0.6) is 0 Å². The lowest BCUT2D eigenvalue weighted by atomic mass is 10.1. The quantitative estimate of drug-likeness (QED) is 0.846. The van der Waals surface area contributed by atoms with Gasteiger partial charge in [-0.1, -0.05) is 37.6 Å². The van der Waals surface area contributed by atoms with E-state index < -0.39 is 0 Å². The Labute approximate surface area is 112 Å². The lowest BCUT2D eigenvalue weighted by Gasteiger charge is -2.07. The molecule has 0 fully saturated rings. The zero-order valence-corrected chi connectivity index (χ0v) is 11.3. The highest BCUT2D eigenvalue weighted by molar-refractivity contribution is 6.29. The van der Waals surface area contributed by atoms with Crippen LogP contribution >= 0.6 is 11.6 Å². The summed E-state index contributed by atoms with van der Waals surface area (Å²) >= 11 is 5.95. The van der Waals surface area contributed by atoms with Crippen molar-refractivity contribution in [3.63, 3.8) is 0 Å². The van der Waals surface area contributed by atoms with E-state index in [4.69, 9.17) is 11.6 Å². The molecule has 0 amide bonds. The van der Waals surface area contributed by atoms with Crippen molar-refractivity contribution in [1.82, 2.24) is 9.97 Å². The van der Waals surface area contributed by atoms with E-state index in [0.717, 1.165) is 30.2 Å². The average molecular weight is 262 g/mol. The molecule has 94 valence electrons. The first-order chi connectivity index (χ1) is 8.71. The van der Waals surface area contributed by atoms with Crippen LogP contribution in [0.25, 0.3) is 0 Å². The number of anilines is 2. The molecule has 1 aromatic heterocycles. The number of nitrogens with zero attached hydrogens (tertiary/aromatic N) is 2. The van der Waals surface area contributed by atoms with Gasteiger partial charge in [0.05, 0.1) is 0 Å². The first-order valence-electron chi connectivity index (χ1n) is 6.10. The van der Waals surface area contributed by atoms with Crippen molar-refractivity contribution < 1.29 is 0 Å². The molecule has 4 heteroatoms. The number of hydrogen-bond acceptors (Lipinski definition) is 3. The fourth-order valence-electron chi connectivity index (χ4n) is 1.66. The summed E-state index contributed by atoms with van der Waals surface area (Å²) in [6.07, 6.45) is 1.81. The van der Waals surface area contributed by atoms with E-state index in [0.29, 0.717) is 5.15 Å². The lowest BCUT2D eigenvalue weighted by Crippen LogP contribution is -1.99. The van der Waals surface area contributed by atoms with E-state index >= 15 is 0 Å². The second-order valence-corrected chi connectivity index (χ2v) is 4.41. The topological polar surface area (TPSA) is 37.8 Å². The van der Waals surface area contributed by atoms with Gasteiger partial charge < -0.3 is 5.32 Å². The number of aromatic nitrogens is 2. The van der Waals surface area contributed by atoms with Gasteiger partial charge in [-0.25, -0.2) is 9.97 Å². The van der Waals surface area contributed by atoms with E-state index in [1.54, 1.807) is 6.07 Å². The maximum atomic E-state index is 5.95. The summed E-state index contributed by atoms with van der Waals surface area (Å²) in [6, 6.07) is 10.0. The van der Waals surface area contributed by atoms with Gasteiger partial charge in [0, 0.05) is 18.2 Å². The zero-order valence-electron chi connectivity index (χ0n) is 10.6. The van der Waals surface area contributed by atoms with Crippen LogP contribution in [0.15, 0.2) is 30.3 Å². The van der Waals surface area contributed by atoms with Gasteiger partial charge in [-0.05, 0) is 24.1 Å². The smallest absolute Gasteiger partial charge is 0.135 e. The molecule has 0 unspecified atom stereocenters. The Morgan fingerprint density at radius 3 is 2.39 bits per heavy atom. The van der Waals surface area contributed by atoms with Gasteiger partial charge in [0.25, 0.3) is 0 Å². The number of aryl methyl sites for hydroxylation is 2. The van der Waals surface area contributed by atoms with Crippen molar-refractivity contribution in [1.29, 1.82) is 0 Å². The predicted molar refractivity (Wildman–Crippen MR) is 75.5 cm³/mol. The molecule has 0 saturated carbocycles. The van der Waals surface area contributed by atoms with Crippen molar-refractivity contribution in [2.24, 2.45) is 0 Å². The predicted octanol–water partition coefficient (Wildman–Crippen LogP) is 4.00. The minimum Gasteiger partial charge on any atom is -0.340 e. The third-order valence-corrected chi connectivity index (χ3v) is 2.89. The number of hydrogen-bond donors (Lipinski definition) is 1. The Bertz CT molecular complexity index is 523. The fraction of sp³-hybridized carbons (Fsp3) is 0.286. The Morgan fingerprint density at radius 2 is 1.78 bits per heavy atom. The molecule has 0 aliphatic heterocycles. The Hall–Kier alpha value is -1.61. The van der Waals surface area contributed by atoms with Crippen LogP contribution in [0.1, 0.15) is 25.2 Å². The van der Waals surface area contributed by atoms with E-state index in [9.17, 15) is 0 Å². The summed E-state index contributed by atoms with van der Waals surface area (Å²) in [6.45, 7) is 4.14. The van der Waals surface area contributed by atoms with Crippen LogP contribution in [0.4, 0.5) is 11.5 Å². The summed E-state index contributed by atoms with van der Waals surface area (Å²) in [4.78, 5) is 8.52. The monoisotopic (exact) mass is 261 g/mol. The highest BCUT2D eigenvalue weighted by Gasteiger charge is 2.02. The van der Waals surface area contributed by atoms with Crippen LogP contribution in [0.2, 0.25) is 5.15 Å². The first kappa shape index (κ1) is 12.8. The zero-order chi connectivity index (χ0) is 13.0. The number of benzene rings is 1. The Kier molecular flexibility index (Phi) is 4.15. The van der Waals surface area contributed by atoms with E-state index in [2.05, 4.69) is 34.3 Å². The van der Waals surface area contributed by atoms with Crippen LogP contribution in [0.3, 0.4) is 0 Å². The number of halogens is 1. The molecule has 0 saturated heterocycles. The van der Waals surface area contributed by atoms with Crippen LogP contribution in [0, 0.1) is 0 Å². The summed E-state index contributed by atoms with van der Waals surface area (Å²) in [7, 11) is 0. The molecule has 1 aromatic carbocycles. The maximum Gasteiger partial charge on any atom is 0.135 e. The molecule has 1 heterocycles. The highest BCUT2D eigenvalue weighted by Crippen LogP contribution is 2.18. The Morgan fingerprint density at radius 1 is 1.06 bits per heavy atom. The van der Waals surface area contributed by atoms with Crippen LogP contribution in [-0.4, -0.2) is 9.97 Å². The summed E-state index contributed by atoms with van der Waals surface area (Å²) in [5, 5.41) is 3.70. The van der Waals surface area contributed by atoms with Crippen LogP contribution in [-0.2, 0) is 12.8 Å². The summed E-state index contributed by atoms with van der Waals surface area (Å²) in [5.41, 5.74) is 2.32. The van der Waals surface area contributed by atoms with E-state index in [1.165, 1.54) is 5.56 Å². The fourth-order valence-corrected chi connectivity index (χ4v) is 1.86. The van der Waals surface area contributed by atoms with Gasteiger partial charge in [-0.15, -0.1) is 0 Å². The molecule has 0 bridgehead atoms. The van der Waals surface area contributed by atoms with Crippen LogP contribution < -0.4 is 5.32 Å². The van der Waals surface area contributed by atoms with E-state index in [1.807, 2.05) is 19.1 Å². The average Bonchev–Trinajstić information content (AvgIpc) is 2.39. The van der Waals surface area contributed by atoms with Gasteiger partial charge in [0.15, 0.2) is 0 Å². The highest BCUT2D eigenvalue weighted by atomic mass is 35.5. The molecule has 0 radical (unpaired) electrons. The van der Waals surface area contributed by atoms with E-state index in [-0.39, 0.29) is 0 Å². The lowest BCUT2D eigenvalue weighted by molar-refractivity contribution is 0.943. The maximum absolute atomic E-state index is 5.95. The molecule has 3 nitrogen and oxygen atoms in total. The van der Waals surface area contributed by atoms with Gasteiger partial charge in [0.1, 0.15) is 16.8 Å². The number of rotatable bonds is 4. The van der Waals surface area contributed by atoms with Crippen molar-refractivity contribution in [3.8, 4) is 0 Å².